The number of hydrogen-bond acceptors (Lipinski definition) is 4. The van der Waals surface area contributed by atoms with Gasteiger partial charge in [0, 0.05) is 33.2 Å². The number of carbonyl (C=O) groups excluding carboxylic acids is 1. The number of aliphatic imine (C=N–C) groups is 1. The number of carbonyl (C=O) groups is 1. The summed E-state index contributed by atoms with van der Waals surface area (Å²) in [6.45, 7) is 4.88. The average molecular weight is 389 g/mol. The lowest BCUT2D eigenvalue weighted by Crippen LogP contribution is -2.38. The second-order valence-electron chi connectivity index (χ2n) is 6.03. The lowest BCUT2D eigenvalue weighted by molar-refractivity contribution is 0.0957. The van der Waals surface area contributed by atoms with Crippen LogP contribution in [0.1, 0.15) is 28.6 Å². The molecule has 1 amide bonds. The van der Waals surface area contributed by atoms with E-state index in [0.29, 0.717) is 13.1 Å². The highest BCUT2D eigenvalue weighted by atomic mass is 32.1. The van der Waals surface area contributed by atoms with E-state index in [2.05, 4.69) is 39.6 Å². The van der Waals surface area contributed by atoms with Crippen molar-refractivity contribution in [2.24, 2.45) is 4.99 Å². The maximum Gasteiger partial charge on any atom is 0.261 e. The number of rotatable bonds is 9. The number of methoxy groups -OCH3 is 1. The molecule has 2 N–H and O–H groups in total. The molecule has 0 aliphatic carbocycles. The topological polar surface area (TPSA) is 66.0 Å². The molecule has 146 valence electrons. The van der Waals surface area contributed by atoms with E-state index in [9.17, 15) is 4.79 Å². The zero-order valence-electron chi connectivity index (χ0n) is 16.2. The fourth-order valence-electron chi connectivity index (χ4n) is 2.51. The highest BCUT2D eigenvalue weighted by molar-refractivity contribution is 7.12. The molecule has 0 spiro atoms. The van der Waals surface area contributed by atoms with Crippen LogP contribution in [0.2, 0.25) is 0 Å². The summed E-state index contributed by atoms with van der Waals surface area (Å²) >= 11 is 1.45. The molecule has 7 heteroatoms. The van der Waals surface area contributed by atoms with Crippen LogP contribution in [-0.4, -0.2) is 50.6 Å². The molecule has 0 bridgehead atoms. The Balaban J connectivity index is 1.80. The van der Waals surface area contributed by atoms with E-state index in [-0.39, 0.29) is 5.91 Å². The van der Waals surface area contributed by atoms with Gasteiger partial charge in [0.25, 0.3) is 5.91 Å². The quantitative estimate of drug-likeness (QED) is 0.394. The highest BCUT2D eigenvalue weighted by Crippen LogP contribution is 2.12. The Morgan fingerprint density at radius 2 is 2.00 bits per heavy atom. The summed E-state index contributed by atoms with van der Waals surface area (Å²) < 4.78 is 5.20. The summed E-state index contributed by atoms with van der Waals surface area (Å²) in [5.74, 6) is 1.70. The molecule has 1 aromatic carbocycles. The molecule has 2 aromatic rings. The van der Waals surface area contributed by atoms with Crippen LogP contribution >= 0.6 is 11.3 Å². The molecular formula is C20H28N4O2S. The van der Waals surface area contributed by atoms with Crippen molar-refractivity contribution >= 4 is 23.2 Å². The Hall–Kier alpha value is -2.54. The molecule has 0 saturated carbocycles. The summed E-state index contributed by atoms with van der Waals surface area (Å²) in [6.07, 6.45) is 0.794. The maximum absolute atomic E-state index is 11.9. The minimum atomic E-state index is -0.0162. The number of benzene rings is 1. The lowest BCUT2D eigenvalue weighted by atomic mass is 10.2. The molecular weight excluding hydrogens is 360 g/mol. The molecule has 1 heterocycles. The fraction of sp³-hybridized carbons (Fsp3) is 0.400. The zero-order chi connectivity index (χ0) is 19.5. The van der Waals surface area contributed by atoms with Gasteiger partial charge in [0.1, 0.15) is 5.75 Å². The Morgan fingerprint density at radius 3 is 2.63 bits per heavy atom. The van der Waals surface area contributed by atoms with Crippen LogP contribution in [0.3, 0.4) is 0 Å². The van der Waals surface area contributed by atoms with E-state index >= 15 is 0 Å². The smallest absolute Gasteiger partial charge is 0.261 e. The molecule has 0 unspecified atom stereocenters. The van der Waals surface area contributed by atoms with Crippen molar-refractivity contribution in [3.63, 3.8) is 0 Å². The van der Waals surface area contributed by atoms with Gasteiger partial charge in [0.2, 0.25) is 0 Å². The third-order valence-corrected chi connectivity index (χ3v) is 4.77. The molecule has 0 radical (unpaired) electrons. The summed E-state index contributed by atoms with van der Waals surface area (Å²) in [6, 6.07) is 11.7. The normalized spacial score (nSPS) is 11.1. The number of thiophene rings is 1. The van der Waals surface area contributed by atoms with Gasteiger partial charge in [-0.2, -0.15) is 0 Å². The maximum atomic E-state index is 11.9. The van der Waals surface area contributed by atoms with Crippen LogP contribution in [0.15, 0.2) is 46.8 Å². The zero-order valence-corrected chi connectivity index (χ0v) is 17.0. The molecule has 0 fully saturated rings. The first-order valence-electron chi connectivity index (χ1n) is 9.08. The first-order valence-corrected chi connectivity index (χ1v) is 9.96. The summed E-state index contributed by atoms with van der Waals surface area (Å²) in [5, 5.41) is 8.14. The van der Waals surface area contributed by atoms with Crippen molar-refractivity contribution in [3.05, 3.63) is 52.2 Å². The SMILES string of the molecule is CCNC(=NCCCNC(=O)c1cccs1)N(C)Cc1ccc(OC)cc1. The minimum Gasteiger partial charge on any atom is -0.497 e. The largest absolute Gasteiger partial charge is 0.497 e. The molecule has 0 aliphatic rings. The third kappa shape index (κ3) is 6.94. The van der Waals surface area contributed by atoms with Crippen LogP contribution in [0, 0.1) is 0 Å². The lowest BCUT2D eigenvalue weighted by Gasteiger charge is -2.22. The number of amides is 1. The molecule has 0 saturated heterocycles. The predicted molar refractivity (Wildman–Crippen MR) is 112 cm³/mol. The van der Waals surface area contributed by atoms with E-state index in [4.69, 9.17) is 4.74 Å². The first kappa shape index (κ1) is 20.8. The fourth-order valence-corrected chi connectivity index (χ4v) is 3.15. The second kappa shape index (κ2) is 11.2. The van der Waals surface area contributed by atoms with E-state index in [1.54, 1.807) is 7.11 Å². The average Bonchev–Trinajstić information content (AvgIpc) is 3.22. The van der Waals surface area contributed by atoms with E-state index in [1.807, 2.05) is 36.7 Å². The number of nitrogens with one attached hydrogen (secondary N) is 2. The van der Waals surface area contributed by atoms with Crippen molar-refractivity contribution in [1.82, 2.24) is 15.5 Å². The van der Waals surface area contributed by atoms with Crippen molar-refractivity contribution in [2.75, 3.05) is 33.8 Å². The van der Waals surface area contributed by atoms with Crippen LogP contribution in [0.25, 0.3) is 0 Å². The highest BCUT2D eigenvalue weighted by Gasteiger charge is 2.07. The van der Waals surface area contributed by atoms with Gasteiger partial charge in [0.15, 0.2) is 5.96 Å². The molecule has 6 nitrogen and oxygen atoms in total. The van der Waals surface area contributed by atoms with Gasteiger partial charge in [-0.15, -0.1) is 11.3 Å². The summed E-state index contributed by atoms with van der Waals surface area (Å²) in [7, 11) is 3.68. The van der Waals surface area contributed by atoms with Gasteiger partial charge in [-0.25, -0.2) is 0 Å². The molecule has 2 rings (SSSR count). The second-order valence-corrected chi connectivity index (χ2v) is 6.97. The summed E-state index contributed by atoms with van der Waals surface area (Å²) in [5.41, 5.74) is 1.19. The Bertz CT molecular complexity index is 714. The number of guanidine groups is 1. The van der Waals surface area contributed by atoms with Crippen molar-refractivity contribution in [2.45, 2.75) is 19.9 Å². The Labute approximate surface area is 165 Å². The van der Waals surface area contributed by atoms with Crippen LogP contribution in [0.4, 0.5) is 0 Å². The van der Waals surface area contributed by atoms with Gasteiger partial charge in [-0.05, 0) is 42.5 Å². The molecule has 0 atom stereocenters. The van der Waals surface area contributed by atoms with Crippen molar-refractivity contribution in [1.29, 1.82) is 0 Å². The van der Waals surface area contributed by atoms with Crippen molar-refractivity contribution < 1.29 is 9.53 Å². The van der Waals surface area contributed by atoms with Gasteiger partial charge >= 0.3 is 0 Å². The van der Waals surface area contributed by atoms with Gasteiger partial charge in [-0.1, -0.05) is 18.2 Å². The van der Waals surface area contributed by atoms with Crippen molar-refractivity contribution in [3.8, 4) is 5.75 Å². The monoisotopic (exact) mass is 388 g/mol. The molecule has 27 heavy (non-hydrogen) atoms. The van der Waals surface area contributed by atoms with E-state index in [1.165, 1.54) is 16.9 Å². The number of nitrogens with zero attached hydrogens (tertiary/aromatic N) is 2. The van der Waals surface area contributed by atoms with Crippen LogP contribution < -0.4 is 15.4 Å². The predicted octanol–water partition coefficient (Wildman–Crippen LogP) is 2.97. The Morgan fingerprint density at radius 1 is 1.22 bits per heavy atom. The summed E-state index contributed by atoms with van der Waals surface area (Å²) in [4.78, 5) is 19.4. The standard InChI is InChI=1S/C20H28N4O2S/c1-4-21-20(24(2)15-16-8-10-17(26-3)11-9-16)23-13-6-12-22-19(25)18-7-5-14-27-18/h5,7-11,14H,4,6,12-13,15H2,1-3H3,(H,21,23)(H,22,25). The van der Waals surface area contributed by atoms with E-state index < -0.39 is 0 Å². The number of ether oxygens (including phenoxy) is 1. The van der Waals surface area contributed by atoms with Crippen LogP contribution in [0.5, 0.6) is 5.75 Å². The minimum absolute atomic E-state index is 0.0162. The van der Waals surface area contributed by atoms with Gasteiger partial charge in [0.05, 0.1) is 12.0 Å². The third-order valence-electron chi connectivity index (χ3n) is 3.90. The van der Waals surface area contributed by atoms with Crippen LogP contribution in [-0.2, 0) is 6.54 Å². The first-order chi connectivity index (χ1) is 13.1. The van der Waals surface area contributed by atoms with Gasteiger partial charge in [-0.3, -0.25) is 9.79 Å². The molecule has 0 aliphatic heterocycles. The van der Waals surface area contributed by atoms with E-state index in [0.717, 1.165) is 36.1 Å². The number of hydrogen-bond donors (Lipinski definition) is 2. The Kier molecular flexibility index (Phi) is 8.64. The van der Waals surface area contributed by atoms with Gasteiger partial charge < -0.3 is 20.3 Å². The molecule has 1 aromatic heterocycles.